The van der Waals surface area contributed by atoms with Crippen molar-refractivity contribution in [2.75, 3.05) is 5.32 Å². The second-order valence-corrected chi connectivity index (χ2v) is 11.1. The molecule has 3 aromatic heterocycles. The third-order valence-electron chi connectivity index (χ3n) is 7.85. The maximum Gasteiger partial charge on any atom is 0.417 e. The molecule has 1 aliphatic heterocycles. The number of Topliss-reactive ketones (excluding diaryl/α,β-unsaturated/α-hetero) is 1. The van der Waals surface area contributed by atoms with Crippen LogP contribution in [0.15, 0.2) is 88.7 Å². The number of hydrogen-bond acceptors (Lipinski definition) is 9. The Morgan fingerprint density at radius 1 is 0.886 bits per heavy atom. The van der Waals surface area contributed by atoms with Gasteiger partial charge in [-0.05, 0) is 24.5 Å². The molecule has 2 aliphatic rings. The van der Waals surface area contributed by atoms with Gasteiger partial charge in [0.05, 0.1) is 11.3 Å². The third-order valence-corrected chi connectivity index (χ3v) is 7.85. The first-order valence-electron chi connectivity index (χ1n) is 13.9. The molecule has 0 amide bonds. The van der Waals surface area contributed by atoms with E-state index < -0.39 is 17.9 Å². The Morgan fingerprint density at radius 2 is 1.61 bits per heavy atom. The zero-order chi connectivity index (χ0) is 30.5. The molecular weight excluding hydrogens is 571 g/mol. The number of rotatable bonds is 6. The number of aliphatic imine (C=N–C) groups is 1. The topological polar surface area (TPSA) is 119 Å². The Morgan fingerprint density at radius 3 is 2.34 bits per heavy atom. The molecular formula is C32H24F3N7O2. The number of nitrogens with zero attached hydrogens (tertiary/aromatic N) is 6. The SMILES string of the molecule is CC1(c2ncc(-c3cc(C(F)(F)F)cnc3-c3nnc(N[C@@H]4N=C(c5ccccc5)c5ccccc5CC4=O)o3)cn2)CC1. The predicted octanol–water partition coefficient (Wildman–Crippen LogP) is 6.06. The highest BCUT2D eigenvalue weighted by Gasteiger charge is 2.42. The van der Waals surface area contributed by atoms with Crippen LogP contribution in [-0.2, 0) is 22.8 Å². The first-order chi connectivity index (χ1) is 21.2. The minimum Gasteiger partial charge on any atom is -0.402 e. The Balaban J connectivity index is 1.23. The van der Waals surface area contributed by atoms with Gasteiger partial charge in [0, 0.05) is 52.7 Å². The van der Waals surface area contributed by atoms with Crippen LogP contribution in [-0.4, -0.2) is 42.8 Å². The van der Waals surface area contributed by atoms with Crippen molar-refractivity contribution in [1.82, 2.24) is 25.1 Å². The Bertz CT molecular complexity index is 1900. The maximum atomic E-state index is 13.7. The van der Waals surface area contributed by atoms with E-state index in [0.29, 0.717) is 23.3 Å². The van der Waals surface area contributed by atoms with Crippen molar-refractivity contribution >= 4 is 17.5 Å². The number of halogens is 3. The molecule has 220 valence electrons. The van der Waals surface area contributed by atoms with Gasteiger partial charge in [0.15, 0.2) is 11.9 Å². The van der Waals surface area contributed by atoms with Crippen molar-refractivity contribution < 1.29 is 22.4 Å². The number of anilines is 1. The molecule has 0 spiro atoms. The zero-order valence-electron chi connectivity index (χ0n) is 23.3. The molecule has 9 nitrogen and oxygen atoms in total. The second kappa shape index (κ2) is 10.5. The summed E-state index contributed by atoms with van der Waals surface area (Å²) in [6, 6.07) is 17.9. The van der Waals surface area contributed by atoms with E-state index in [-0.39, 0.29) is 40.8 Å². The smallest absolute Gasteiger partial charge is 0.402 e. The number of pyridine rings is 1. The number of benzene rings is 2. The fraction of sp³-hybridized carbons (Fsp3) is 0.219. The van der Waals surface area contributed by atoms with Crippen molar-refractivity contribution in [3.05, 3.63) is 107 Å². The van der Waals surface area contributed by atoms with Crippen LogP contribution in [0.3, 0.4) is 0 Å². The number of ketones is 1. The van der Waals surface area contributed by atoms with Crippen LogP contribution in [0.1, 0.15) is 47.8 Å². The van der Waals surface area contributed by atoms with E-state index in [4.69, 9.17) is 9.41 Å². The maximum absolute atomic E-state index is 13.7. The van der Waals surface area contributed by atoms with E-state index in [9.17, 15) is 18.0 Å². The van der Waals surface area contributed by atoms with E-state index in [1.54, 1.807) is 0 Å². The summed E-state index contributed by atoms with van der Waals surface area (Å²) >= 11 is 0. The van der Waals surface area contributed by atoms with Crippen molar-refractivity contribution in [3.63, 3.8) is 0 Å². The molecule has 44 heavy (non-hydrogen) atoms. The predicted molar refractivity (Wildman–Crippen MR) is 155 cm³/mol. The van der Waals surface area contributed by atoms with E-state index in [2.05, 4.69) is 30.5 Å². The molecule has 1 saturated carbocycles. The first-order valence-corrected chi connectivity index (χ1v) is 13.9. The quantitative estimate of drug-likeness (QED) is 0.252. The lowest BCUT2D eigenvalue weighted by Crippen LogP contribution is -2.29. The molecule has 12 heteroatoms. The van der Waals surface area contributed by atoms with E-state index in [1.165, 1.54) is 12.4 Å². The molecule has 4 heterocycles. The van der Waals surface area contributed by atoms with Crippen LogP contribution in [0, 0.1) is 0 Å². The molecule has 1 atom stereocenters. The Kier molecular flexibility index (Phi) is 6.56. The van der Waals surface area contributed by atoms with Crippen LogP contribution in [0.4, 0.5) is 19.2 Å². The molecule has 1 aliphatic carbocycles. The molecule has 5 aromatic rings. The van der Waals surface area contributed by atoms with Crippen LogP contribution in [0.25, 0.3) is 22.7 Å². The van der Waals surface area contributed by atoms with Gasteiger partial charge in [-0.15, -0.1) is 5.10 Å². The largest absolute Gasteiger partial charge is 0.417 e. The summed E-state index contributed by atoms with van der Waals surface area (Å²) in [6.45, 7) is 2.04. The Labute approximate surface area is 249 Å². The number of carbonyl (C=O) groups is 1. The fourth-order valence-electron chi connectivity index (χ4n) is 5.09. The van der Waals surface area contributed by atoms with Gasteiger partial charge in [-0.2, -0.15) is 13.2 Å². The van der Waals surface area contributed by atoms with E-state index >= 15 is 0 Å². The minimum atomic E-state index is -4.63. The molecule has 0 bridgehead atoms. The minimum absolute atomic E-state index is 0.0145. The molecule has 2 aromatic carbocycles. The zero-order valence-corrected chi connectivity index (χ0v) is 23.3. The number of carbonyl (C=O) groups excluding carboxylic acids is 1. The molecule has 0 radical (unpaired) electrons. The summed E-state index contributed by atoms with van der Waals surface area (Å²) in [6.07, 6.45) is -0.00710. The number of alkyl halides is 3. The number of fused-ring (bicyclic) bond motifs is 1. The summed E-state index contributed by atoms with van der Waals surface area (Å²) in [5, 5.41) is 11.0. The van der Waals surface area contributed by atoms with Crippen LogP contribution < -0.4 is 5.32 Å². The van der Waals surface area contributed by atoms with Crippen LogP contribution >= 0.6 is 0 Å². The highest BCUT2D eigenvalue weighted by Crippen LogP contribution is 2.46. The Hall–Kier alpha value is -5.26. The summed E-state index contributed by atoms with van der Waals surface area (Å²) in [5.41, 5.74) is 2.47. The van der Waals surface area contributed by atoms with Gasteiger partial charge >= 0.3 is 12.2 Å². The van der Waals surface area contributed by atoms with Gasteiger partial charge in [-0.25, -0.2) is 15.0 Å². The summed E-state index contributed by atoms with van der Waals surface area (Å²) in [4.78, 5) is 30.9. The normalized spacial score (nSPS) is 17.4. The number of hydrogen-bond donors (Lipinski definition) is 1. The molecule has 7 rings (SSSR count). The molecule has 0 unspecified atom stereocenters. The third kappa shape index (κ3) is 5.23. The molecule has 0 saturated heterocycles. The van der Waals surface area contributed by atoms with Crippen molar-refractivity contribution in [2.45, 2.75) is 43.9 Å². The van der Waals surface area contributed by atoms with Crippen molar-refractivity contribution in [2.24, 2.45) is 4.99 Å². The standard InChI is InChI=1S/C32H24F3N7O2/c1-31(11-12-31)29-37-15-20(16-38-29)23-14-21(32(33,34)35)17-36-26(23)28-41-42-30(44-28)40-27-24(43)13-19-9-5-6-10-22(19)25(39-27)18-7-3-2-4-8-18/h2-10,14-17,27H,11-13H2,1H3,(H,40,42)/t27-/m0/s1. The average Bonchev–Trinajstić information content (AvgIpc) is 3.65. The number of nitrogens with one attached hydrogen (secondary N) is 1. The van der Waals surface area contributed by atoms with Gasteiger partial charge < -0.3 is 9.73 Å². The van der Waals surface area contributed by atoms with Gasteiger partial charge in [0.1, 0.15) is 11.5 Å². The van der Waals surface area contributed by atoms with Crippen LogP contribution in [0.5, 0.6) is 0 Å². The highest BCUT2D eigenvalue weighted by atomic mass is 19.4. The molecule has 1 fully saturated rings. The molecule has 1 N–H and O–H groups in total. The van der Waals surface area contributed by atoms with Gasteiger partial charge in [-0.1, -0.05) is 66.6 Å². The van der Waals surface area contributed by atoms with Gasteiger partial charge in [-0.3, -0.25) is 9.79 Å². The number of aromatic nitrogens is 5. The lowest BCUT2D eigenvalue weighted by Gasteiger charge is -2.12. The average molecular weight is 596 g/mol. The second-order valence-electron chi connectivity index (χ2n) is 11.1. The highest BCUT2D eigenvalue weighted by molar-refractivity contribution is 6.16. The fourth-order valence-corrected chi connectivity index (χ4v) is 5.09. The monoisotopic (exact) mass is 595 g/mol. The van der Waals surface area contributed by atoms with Crippen molar-refractivity contribution in [1.29, 1.82) is 0 Å². The first kappa shape index (κ1) is 27.6. The van der Waals surface area contributed by atoms with E-state index in [1.807, 2.05) is 61.5 Å². The van der Waals surface area contributed by atoms with Gasteiger partial charge in [0.25, 0.3) is 5.89 Å². The summed E-state index contributed by atoms with van der Waals surface area (Å²) in [5.74, 6) is 0.266. The van der Waals surface area contributed by atoms with Crippen molar-refractivity contribution in [3.8, 4) is 22.7 Å². The van der Waals surface area contributed by atoms with Gasteiger partial charge in [0.2, 0.25) is 0 Å². The van der Waals surface area contributed by atoms with E-state index in [0.717, 1.165) is 35.6 Å². The lowest BCUT2D eigenvalue weighted by molar-refractivity contribution is -0.137. The van der Waals surface area contributed by atoms with Crippen LogP contribution in [0.2, 0.25) is 0 Å². The lowest BCUT2D eigenvalue weighted by atomic mass is 9.96. The summed E-state index contributed by atoms with van der Waals surface area (Å²) in [7, 11) is 0. The summed E-state index contributed by atoms with van der Waals surface area (Å²) < 4.78 is 46.8.